The predicted octanol–water partition coefficient (Wildman–Crippen LogP) is -1.30. The van der Waals surface area contributed by atoms with Crippen LogP contribution in [-0.2, 0) is 19.7 Å². The molecular weight excluding hydrogens is 310 g/mol. The molecule has 1 aromatic heterocycles. The molecule has 1 saturated heterocycles. The van der Waals surface area contributed by atoms with E-state index in [1.165, 1.54) is 10.5 Å². The Labute approximate surface area is 128 Å². The third-order valence-corrected chi connectivity index (χ3v) is 4.37. The van der Waals surface area contributed by atoms with Crippen molar-refractivity contribution < 1.29 is 17.9 Å². The van der Waals surface area contributed by atoms with Crippen molar-refractivity contribution in [1.29, 1.82) is 0 Å². The summed E-state index contributed by atoms with van der Waals surface area (Å²) in [5, 5.41) is 3.72. The molecule has 0 unspecified atom stereocenters. The molecule has 0 bridgehead atoms. The van der Waals surface area contributed by atoms with Crippen LogP contribution in [0.5, 0.6) is 0 Å². The maximum Gasteiger partial charge on any atom is 0.280 e. The quantitative estimate of drug-likeness (QED) is 0.498. The number of carbonyl (C=O) groups excluding carboxylic acids is 1. The highest BCUT2D eigenvalue weighted by Gasteiger charge is 2.24. The van der Waals surface area contributed by atoms with Crippen molar-refractivity contribution in [3.8, 4) is 0 Å². The molecule has 22 heavy (non-hydrogen) atoms. The highest BCUT2D eigenvalue weighted by atomic mass is 32.2. The number of nitrogens with zero attached hydrogens (tertiary/aromatic N) is 3. The molecule has 120 valence electrons. The van der Waals surface area contributed by atoms with E-state index in [-0.39, 0.29) is 19.6 Å². The van der Waals surface area contributed by atoms with Gasteiger partial charge in [0.25, 0.3) is 16.1 Å². The Bertz CT molecular complexity index is 614. The van der Waals surface area contributed by atoms with Crippen LogP contribution in [0.25, 0.3) is 0 Å². The first-order valence-corrected chi connectivity index (χ1v) is 8.06. The normalized spacial score (nSPS) is 16.7. The van der Waals surface area contributed by atoms with Gasteiger partial charge in [0, 0.05) is 31.0 Å². The van der Waals surface area contributed by atoms with E-state index in [1.54, 1.807) is 24.5 Å². The van der Waals surface area contributed by atoms with Crippen LogP contribution in [0.4, 0.5) is 0 Å². The molecule has 1 amide bonds. The lowest BCUT2D eigenvalue weighted by Crippen LogP contribution is -2.48. The fourth-order valence-corrected chi connectivity index (χ4v) is 2.83. The molecule has 10 heteroatoms. The van der Waals surface area contributed by atoms with Gasteiger partial charge in [-0.05, 0) is 6.07 Å². The van der Waals surface area contributed by atoms with Crippen LogP contribution in [0.2, 0.25) is 0 Å². The molecule has 0 aromatic carbocycles. The van der Waals surface area contributed by atoms with Crippen molar-refractivity contribution in [2.45, 2.75) is 0 Å². The molecule has 0 aliphatic carbocycles. The number of aromatic nitrogens is 1. The van der Waals surface area contributed by atoms with E-state index in [4.69, 9.17) is 4.74 Å². The Balaban J connectivity index is 1.76. The number of pyridine rings is 1. The second-order valence-corrected chi connectivity index (χ2v) is 6.17. The monoisotopic (exact) mass is 327 g/mol. The molecule has 2 heterocycles. The number of nitrogens with one attached hydrogen (secondary N) is 2. The Hall–Kier alpha value is -1.88. The summed E-state index contributed by atoms with van der Waals surface area (Å²) >= 11 is 0. The van der Waals surface area contributed by atoms with Gasteiger partial charge in [0.2, 0.25) is 0 Å². The van der Waals surface area contributed by atoms with Gasteiger partial charge >= 0.3 is 0 Å². The lowest BCUT2D eigenvalue weighted by Gasteiger charge is -2.25. The number of hydrazone groups is 1. The summed E-state index contributed by atoms with van der Waals surface area (Å²) in [5.41, 5.74) is 2.96. The SMILES string of the molecule is O=C(CNS(=O)(=O)N1CCOCC1)N/N=C\c1cccnc1. The van der Waals surface area contributed by atoms with Crippen molar-refractivity contribution >= 4 is 22.3 Å². The van der Waals surface area contributed by atoms with E-state index in [9.17, 15) is 13.2 Å². The van der Waals surface area contributed by atoms with E-state index in [0.717, 1.165) is 5.56 Å². The van der Waals surface area contributed by atoms with Gasteiger partial charge in [0.15, 0.2) is 0 Å². The minimum atomic E-state index is -3.67. The summed E-state index contributed by atoms with van der Waals surface area (Å²) in [6, 6.07) is 3.50. The number of carbonyl (C=O) groups is 1. The van der Waals surface area contributed by atoms with Crippen LogP contribution >= 0.6 is 0 Å². The summed E-state index contributed by atoms with van der Waals surface area (Å²) in [4.78, 5) is 15.4. The van der Waals surface area contributed by atoms with Crippen LogP contribution in [0.3, 0.4) is 0 Å². The molecule has 2 N–H and O–H groups in total. The van der Waals surface area contributed by atoms with Crippen molar-refractivity contribution in [2.75, 3.05) is 32.8 Å². The first-order chi connectivity index (χ1) is 10.6. The summed E-state index contributed by atoms with van der Waals surface area (Å²) in [7, 11) is -3.67. The molecule has 0 spiro atoms. The summed E-state index contributed by atoms with van der Waals surface area (Å²) in [6.45, 7) is 0.862. The van der Waals surface area contributed by atoms with Gasteiger partial charge in [-0.3, -0.25) is 9.78 Å². The fourth-order valence-electron chi connectivity index (χ4n) is 1.71. The maximum absolute atomic E-state index is 11.9. The largest absolute Gasteiger partial charge is 0.379 e. The summed E-state index contributed by atoms with van der Waals surface area (Å²) in [6.07, 6.45) is 4.62. The van der Waals surface area contributed by atoms with Crippen molar-refractivity contribution in [3.63, 3.8) is 0 Å². The number of hydrogen-bond acceptors (Lipinski definition) is 6. The molecule has 0 atom stereocenters. The molecule has 1 aromatic rings. The van der Waals surface area contributed by atoms with Crippen molar-refractivity contribution in [1.82, 2.24) is 19.4 Å². The number of ether oxygens (including phenoxy) is 1. The average molecular weight is 327 g/mol. The third kappa shape index (κ3) is 5.15. The number of morpholine rings is 1. The van der Waals surface area contributed by atoms with E-state index >= 15 is 0 Å². The highest BCUT2D eigenvalue weighted by Crippen LogP contribution is 2.02. The van der Waals surface area contributed by atoms with Gasteiger partial charge in [-0.25, -0.2) is 5.43 Å². The predicted molar refractivity (Wildman–Crippen MR) is 79.3 cm³/mol. The second-order valence-electron chi connectivity index (χ2n) is 4.42. The Kier molecular flexibility index (Phi) is 5.95. The van der Waals surface area contributed by atoms with Gasteiger partial charge < -0.3 is 4.74 Å². The van der Waals surface area contributed by atoms with Crippen LogP contribution in [0, 0.1) is 0 Å². The Morgan fingerprint density at radius 3 is 2.91 bits per heavy atom. The van der Waals surface area contributed by atoms with Gasteiger partial charge in [0.05, 0.1) is 26.0 Å². The fraction of sp³-hybridized carbons (Fsp3) is 0.417. The molecular formula is C12H17N5O4S. The molecule has 0 radical (unpaired) electrons. The summed E-state index contributed by atoms with van der Waals surface area (Å²) < 4.78 is 32.4. The van der Waals surface area contributed by atoms with Crippen LogP contribution in [-0.4, -0.2) is 62.7 Å². The molecule has 1 aliphatic heterocycles. The van der Waals surface area contributed by atoms with Gasteiger partial charge in [-0.15, -0.1) is 0 Å². The zero-order valence-electron chi connectivity index (χ0n) is 11.8. The molecule has 1 aliphatic rings. The maximum atomic E-state index is 11.9. The standard InChI is InChI=1S/C12H17N5O4S/c18-12(16-14-9-11-2-1-3-13-8-11)10-15-22(19,20)17-4-6-21-7-5-17/h1-3,8-9,15H,4-7,10H2,(H,16,18)/b14-9-. The van der Waals surface area contributed by atoms with Gasteiger partial charge in [-0.1, -0.05) is 6.07 Å². The zero-order chi connectivity index (χ0) is 15.8. The number of hydrogen-bond donors (Lipinski definition) is 2. The first kappa shape index (κ1) is 16.5. The number of amides is 1. The smallest absolute Gasteiger partial charge is 0.280 e. The minimum Gasteiger partial charge on any atom is -0.379 e. The Morgan fingerprint density at radius 2 is 2.23 bits per heavy atom. The van der Waals surface area contributed by atoms with Crippen molar-refractivity contribution in [2.24, 2.45) is 5.10 Å². The van der Waals surface area contributed by atoms with E-state index in [0.29, 0.717) is 13.2 Å². The van der Waals surface area contributed by atoms with E-state index in [2.05, 4.69) is 20.2 Å². The topological polar surface area (TPSA) is 113 Å². The molecule has 2 rings (SSSR count). The first-order valence-electron chi connectivity index (χ1n) is 6.62. The molecule has 1 fully saturated rings. The lowest BCUT2D eigenvalue weighted by atomic mass is 10.3. The van der Waals surface area contributed by atoms with Crippen LogP contribution in [0.15, 0.2) is 29.6 Å². The number of rotatable bonds is 6. The third-order valence-electron chi connectivity index (χ3n) is 2.81. The van der Waals surface area contributed by atoms with Crippen LogP contribution in [0.1, 0.15) is 5.56 Å². The second kappa shape index (κ2) is 7.94. The molecule has 0 saturated carbocycles. The van der Waals surface area contributed by atoms with E-state index in [1.807, 2.05) is 0 Å². The van der Waals surface area contributed by atoms with Gasteiger partial charge in [-0.2, -0.15) is 22.5 Å². The van der Waals surface area contributed by atoms with E-state index < -0.39 is 16.1 Å². The van der Waals surface area contributed by atoms with Crippen LogP contribution < -0.4 is 10.1 Å². The summed E-state index contributed by atoms with van der Waals surface area (Å²) in [5.74, 6) is -0.558. The van der Waals surface area contributed by atoms with Crippen molar-refractivity contribution in [3.05, 3.63) is 30.1 Å². The average Bonchev–Trinajstić information content (AvgIpc) is 2.55. The van der Waals surface area contributed by atoms with Gasteiger partial charge in [0.1, 0.15) is 0 Å². The lowest BCUT2D eigenvalue weighted by molar-refractivity contribution is -0.119. The zero-order valence-corrected chi connectivity index (χ0v) is 12.6. The molecule has 9 nitrogen and oxygen atoms in total. The Morgan fingerprint density at radius 1 is 1.45 bits per heavy atom. The highest BCUT2D eigenvalue weighted by molar-refractivity contribution is 7.87. The minimum absolute atomic E-state index is 0.274.